The van der Waals surface area contributed by atoms with Crippen molar-refractivity contribution in [1.82, 2.24) is 19.1 Å². The summed E-state index contributed by atoms with van der Waals surface area (Å²) in [5, 5.41) is 8.23. The van der Waals surface area contributed by atoms with Crippen LogP contribution in [0, 0.1) is 0 Å². The van der Waals surface area contributed by atoms with Gasteiger partial charge in [-0.1, -0.05) is 0 Å². The van der Waals surface area contributed by atoms with Crippen LogP contribution in [0.25, 0.3) is 21.5 Å². The van der Waals surface area contributed by atoms with Crippen LogP contribution in [0.15, 0.2) is 117 Å². The first-order valence-corrected chi connectivity index (χ1v) is 34.9. The van der Waals surface area contributed by atoms with Gasteiger partial charge in [0.05, 0.1) is 0 Å². The fourth-order valence-corrected chi connectivity index (χ4v) is 36.2. The van der Waals surface area contributed by atoms with Crippen molar-refractivity contribution in [3.8, 4) is 0 Å². The van der Waals surface area contributed by atoms with Crippen LogP contribution >= 0.6 is 0 Å². The minimum absolute atomic E-state index is 0.0453. The van der Waals surface area contributed by atoms with Crippen LogP contribution in [-0.4, -0.2) is 121 Å². The Labute approximate surface area is 403 Å². The van der Waals surface area contributed by atoms with Gasteiger partial charge in [-0.05, 0) is 0 Å². The van der Waals surface area contributed by atoms with Crippen LogP contribution in [-0.2, 0) is 28.5 Å². The number of nitrogens with zero attached hydrogens (tertiary/aromatic N) is 8. The molecule has 1 spiro atoms. The number of rotatable bonds is 15. The molecule has 12 rings (SSSR count). The molecule has 6 aromatic rings. The SMILES string of the molecule is C[Si](C)(CCCN)O[Si-2]123(O[Si](C)(C)CCCNC(=O)NCC(S(=O)(=O)O)S(=O)(=O)O)n4c5c6ccccc6c4N=C4c6ccccc6C(=[N+]41)N=c1c4ccccc4c(n12)=NC1=[N+]3C(=N5)c2ccccc21. The normalized spacial score (nSPS) is 19.1. The molecule has 0 aliphatic carbocycles. The van der Waals surface area contributed by atoms with Crippen LogP contribution < -0.4 is 27.3 Å². The van der Waals surface area contributed by atoms with Crippen molar-refractivity contribution in [3.63, 3.8) is 0 Å². The van der Waals surface area contributed by atoms with E-state index in [0.29, 0.717) is 77.4 Å². The topological polar surface area (TPSA) is 260 Å². The molecule has 6 aliphatic rings. The Hall–Kier alpha value is -6.14. The number of carbonyl (C=O) groups excluding carboxylic acids is 1. The Balaban J connectivity index is 1.18. The molecule has 362 valence electrons. The van der Waals surface area contributed by atoms with Crippen molar-refractivity contribution in [2.24, 2.45) is 25.7 Å². The molecule has 6 aliphatic heterocycles. The summed E-state index contributed by atoms with van der Waals surface area (Å²) in [6, 6.07) is 32.7. The predicted octanol–water partition coefficient (Wildman–Crippen LogP) is 3.91. The average molecular weight is 1040 g/mol. The summed E-state index contributed by atoms with van der Waals surface area (Å²) < 4.78 is 90.3. The maximum atomic E-state index is 13.1. The molecule has 20 nitrogen and oxygen atoms in total. The zero-order valence-corrected chi connectivity index (χ0v) is 43.1. The van der Waals surface area contributed by atoms with Crippen LogP contribution in [0.1, 0.15) is 35.1 Å². The molecular formula is C45H49N11O9S2Si3. The first kappa shape index (κ1) is 45.0. The molecule has 70 heavy (non-hydrogen) atoms. The third-order valence-corrected chi connectivity index (χ3v) is 34.2. The van der Waals surface area contributed by atoms with Gasteiger partial charge in [-0.25, -0.2) is 0 Å². The van der Waals surface area contributed by atoms with Gasteiger partial charge in [-0.2, -0.15) is 0 Å². The van der Waals surface area contributed by atoms with E-state index < -0.39 is 61.8 Å². The molecule has 0 saturated heterocycles. The quantitative estimate of drug-likeness (QED) is 0.0563. The predicted molar refractivity (Wildman–Crippen MR) is 270 cm³/mol. The number of benzene rings is 4. The van der Waals surface area contributed by atoms with E-state index in [1.165, 1.54) is 0 Å². The molecule has 0 bridgehead atoms. The third kappa shape index (κ3) is 5.51. The maximum absolute atomic E-state index is 13.1. The van der Waals surface area contributed by atoms with Gasteiger partial charge in [0.1, 0.15) is 0 Å². The second kappa shape index (κ2) is 14.3. The van der Waals surface area contributed by atoms with E-state index in [9.17, 15) is 30.7 Å². The number of hydrogen-bond acceptors (Lipinski definition) is 12. The Morgan fingerprint density at radius 1 is 0.643 bits per heavy atom. The van der Waals surface area contributed by atoms with E-state index >= 15 is 0 Å². The summed E-state index contributed by atoms with van der Waals surface area (Å²) in [5.74, 6) is 3.63. The van der Waals surface area contributed by atoms with Gasteiger partial charge >= 0.3 is 405 Å². The van der Waals surface area contributed by atoms with Gasteiger partial charge in [0.15, 0.2) is 0 Å². The van der Waals surface area contributed by atoms with Crippen molar-refractivity contribution in [1.29, 1.82) is 0 Å². The van der Waals surface area contributed by atoms with Gasteiger partial charge in [0.25, 0.3) is 0 Å². The summed E-state index contributed by atoms with van der Waals surface area (Å²) in [7, 11) is -24.0. The van der Waals surface area contributed by atoms with Gasteiger partial charge in [-0.3, -0.25) is 0 Å². The number of aliphatic imine (C=N–C) groups is 2. The number of hydrogen-bond donors (Lipinski definition) is 5. The molecule has 0 radical (unpaired) electrons. The van der Waals surface area contributed by atoms with Crippen molar-refractivity contribution >= 4 is 107 Å². The van der Waals surface area contributed by atoms with E-state index in [2.05, 4.69) is 102 Å². The van der Waals surface area contributed by atoms with Crippen molar-refractivity contribution < 1.29 is 47.4 Å². The van der Waals surface area contributed by atoms with E-state index in [0.717, 1.165) is 43.8 Å². The van der Waals surface area contributed by atoms with E-state index in [1.807, 2.05) is 48.5 Å². The zero-order chi connectivity index (χ0) is 49.0. The second-order valence-corrected chi connectivity index (χ2v) is 37.6. The van der Waals surface area contributed by atoms with Crippen LogP contribution in [0.5, 0.6) is 0 Å². The van der Waals surface area contributed by atoms with Gasteiger partial charge in [0, 0.05) is 0 Å². The van der Waals surface area contributed by atoms with Crippen LogP contribution in [0.4, 0.5) is 16.4 Å². The van der Waals surface area contributed by atoms with E-state index in [-0.39, 0.29) is 6.54 Å². The Bertz CT molecular complexity index is 3750. The van der Waals surface area contributed by atoms with Gasteiger partial charge < -0.3 is 0 Å². The third-order valence-electron chi connectivity index (χ3n) is 14.4. The van der Waals surface area contributed by atoms with Crippen molar-refractivity contribution in [3.05, 3.63) is 130 Å². The summed E-state index contributed by atoms with van der Waals surface area (Å²) in [6.45, 7) is 8.10. The number of nitrogens with two attached hydrogens (primary N) is 1. The number of aromatic nitrogens is 2. The zero-order valence-electron chi connectivity index (χ0n) is 38.5. The molecule has 2 aromatic heterocycles. The second-order valence-electron chi connectivity index (χ2n) is 19.8. The molecule has 0 atom stereocenters. The Kier molecular flexibility index (Phi) is 9.18. The van der Waals surface area contributed by atoms with Crippen molar-refractivity contribution in [2.45, 2.75) is 55.7 Å². The Morgan fingerprint density at radius 3 is 1.53 bits per heavy atom. The minimum atomic E-state index is -6.92. The molecule has 4 aromatic carbocycles. The number of carbonyl (C=O) groups is 1. The first-order valence-electron chi connectivity index (χ1n) is 23.0. The number of fused-ring (bicyclic) bond motifs is 12. The summed E-state index contributed by atoms with van der Waals surface area (Å²) in [5.41, 5.74) is 11.0. The van der Waals surface area contributed by atoms with Crippen LogP contribution in [0.3, 0.4) is 0 Å². The molecule has 0 fully saturated rings. The standard InChI is InChI=1S/C45H49N11O9S2Si3/c1-68(2,25-13-23-46)64-70(65-69(3,4)26-14-24-47-45(57)48-27-36(66(58,59)60)67(61,62)63)53-37-28-15-5-6-16-29(28)38(53)50-40-32-19-9-10-20-33(32)42(55(40)70)52-44-35-22-12-11-21-34(35)43(56(44)70)51-41-31-18-8-7-17-30(31)39(49-37)54(41)70/h5-12,15-22,36H,13-14,23-27,46H2,1-4H3,(H2,47,48,57)(H,58,59,60)(H,61,62,63). The number of amides is 2. The average Bonchev–Trinajstić information content (AvgIpc) is 4.02. The number of amidine groups is 4. The van der Waals surface area contributed by atoms with Gasteiger partial charge in [0.2, 0.25) is 0 Å². The molecule has 0 saturated carbocycles. The molecule has 2 amide bonds. The monoisotopic (exact) mass is 1040 g/mol. The van der Waals surface area contributed by atoms with E-state index in [1.54, 1.807) is 0 Å². The fraction of sp³-hybridized carbons (Fsp3) is 0.267. The van der Waals surface area contributed by atoms with Gasteiger partial charge in [-0.15, -0.1) is 0 Å². The van der Waals surface area contributed by atoms with E-state index in [4.69, 9.17) is 33.9 Å². The number of nitrogens with one attached hydrogen (secondary N) is 2. The first-order chi connectivity index (χ1) is 33.2. The summed E-state index contributed by atoms with van der Waals surface area (Å²) in [6.07, 6.45) is 1.01. The summed E-state index contributed by atoms with van der Waals surface area (Å²) in [4.78, 5) is 35.9. The Morgan fingerprint density at radius 2 is 1.07 bits per heavy atom. The molecule has 25 heteroatoms. The molecular weight excluding hydrogens is 987 g/mol. The molecule has 6 N–H and O–H groups in total. The number of urea groups is 1. The van der Waals surface area contributed by atoms with Crippen molar-refractivity contribution in [2.75, 3.05) is 19.6 Å². The summed E-state index contributed by atoms with van der Waals surface area (Å²) >= 11 is 0. The fourth-order valence-electron chi connectivity index (χ4n) is 12.1. The van der Waals surface area contributed by atoms with Crippen LogP contribution in [0.2, 0.25) is 38.3 Å². The molecule has 0 unspecified atom stereocenters. The molecule has 8 heterocycles.